The smallest absolute Gasteiger partial charge is 0.327 e. The number of rotatable bonds is 4. The molecule has 0 aromatic heterocycles. The van der Waals surface area contributed by atoms with Gasteiger partial charge < -0.3 is 15.7 Å². The highest BCUT2D eigenvalue weighted by Gasteiger charge is 2.34. The number of carboxylic acids is 1. The van der Waals surface area contributed by atoms with Crippen LogP contribution < -0.4 is 10.6 Å². The molecule has 6 nitrogen and oxygen atoms in total. The van der Waals surface area contributed by atoms with Crippen molar-refractivity contribution in [3.8, 4) is 11.5 Å². The molecule has 2 amide bonds. The summed E-state index contributed by atoms with van der Waals surface area (Å²) in [5, 5.41) is 14.3. The zero-order chi connectivity index (χ0) is 17.8. The van der Waals surface area contributed by atoms with E-state index in [4.69, 9.17) is 0 Å². The standard InChI is InChI=1S/C16H26N2O4Si/c1-16(2,3)23(4,5)10-6-7-12(15(21)22)18-14(20)11-8-9-13(19)17-11/h11-12H,7-9H2,1-5H3,(H,17,19)(H,18,20)(H,21,22)/t11-,12-/m1/s1. The van der Waals surface area contributed by atoms with Gasteiger partial charge in [0.1, 0.15) is 20.2 Å². The highest BCUT2D eigenvalue weighted by atomic mass is 28.3. The second-order valence-corrected chi connectivity index (χ2v) is 12.4. The van der Waals surface area contributed by atoms with Crippen molar-refractivity contribution >= 4 is 25.9 Å². The monoisotopic (exact) mass is 338 g/mol. The Morgan fingerprint density at radius 2 is 2.04 bits per heavy atom. The molecule has 2 atom stereocenters. The molecule has 23 heavy (non-hydrogen) atoms. The second kappa shape index (κ2) is 7.17. The predicted octanol–water partition coefficient (Wildman–Crippen LogP) is 1.28. The molecule has 0 aromatic carbocycles. The van der Waals surface area contributed by atoms with Crippen LogP contribution in [0.2, 0.25) is 18.1 Å². The Balaban J connectivity index is 2.69. The minimum Gasteiger partial charge on any atom is -0.480 e. The van der Waals surface area contributed by atoms with Crippen LogP contribution in [0, 0.1) is 11.5 Å². The number of aliphatic carboxylic acids is 1. The van der Waals surface area contributed by atoms with Crippen LogP contribution in [0.25, 0.3) is 0 Å². The minimum absolute atomic E-state index is 0.0637. The van der Waals surface area contributed by atoms with E-state index in [2.05, 4.69) is 56.0 Å². The third kappa shape index (κ3) is 5.39. The van der Waals surface area contributed by atoms with Crippen LogP contribution in [0.4, 0.5) is 0 Å². The molecule has 0 radical (unpaired) electrons. The first-order valence-corrected chi connectivity index (χ1v) is 10.8. The summed E-state index contributed by atoms with van der Waals surface area (Å²) < 4.78 is 0. The van der Waals surface area contributed by atoms with Gasteiger partial charge in [0.25, 0.3) is 0 Å². The first kappa shape index (κ1) is 19.2. The number of nitrogens with one attached hydrogen (secondary N) is 2. The maximum absolute atomic E-state index is 12.0. The molecule has 1 saturated heterocycles. The van der Waals surface area contributed by atoms with E-state index in [9.17, 15) is 19.5 Å². The highest BCUT2D eigenvalue weighted by molar-refractivity contribution is 6.87. The summed E-state index contributed by atoms with van der Waals surface area (Å²) in [5.74, 6) is 1.18. The van der Waals surface area contributed by atoms with Gasteiger partial charge in [0.05, 0.1) is 0 Å². The number of carboxylic acid groups (broad SMARTS) is 1. The number of amides is 2. The van der Waals surface area contributed by atoms with Gasteiger partial charge in [-0.25, -0.2) is 4.79 Å². The largest absolute Gasteiger partial charge is 0.480 e. The van der Waals surface area contributed by atoms with Gasteiger partial charge >= 0.3 is 5.97 Å². The van der Waals surface area contributed by atoms with Crippen molar-refractivity contribution in [2.75, 3.05) is 0 Å². The first-order chi connectivity index (χ1) is 10.4. The van der Waals surface area contributed by atoms with E-state index in [0.717, 1.165) is 0 Å². The summed E-state index contributed by atoms with van der Waals surface area (Å²) in [7, 11) is -1.80. The van der Waals surface area contributed by atoms with Crippen LogP contribution >= 0.6 is 0 Å². The van der Waals surface area contributed by atoms with Crippen molar-refractivity contribution in [1.82, 2.24) is 10.6 Å². The Kier molecular flexibility index (Phi) is 6.00. The molecule has 1 heterocycles. The van der Waals surface area contributed by atoms with Crippen molar-refractivity contribution in [2.24, 2.45) is 0 Å². The zero-order valence-electron chi connectivity index (χ0n) is 14.4. The van der Waals surface area contributed by atoms with Crippen LogP contribution in [0.15, 0.2) is 0 Å². The highest BCUT2D eigenvalue weighted by Crippen LogP contribution is 2.35. The van der Waals surface area contributed by atoms with E-state index in [0.29, 0.717) is 12.8 Å². The molecule has 0 spiro atoms. The van der Waals surface area contributed by atoms with Gasteiger partial charge in [0.2, 0.25) is 11.8 Å². The molecule has 1 aliphatic rings. The van der Waals surface area contributed by atoms with E-state index >= 15 is 0 Å². The molecule has 3 N–H and O–H groups in total. The maximum Gasteiger partial charge on any atom is 0.327 e. The van der Waals surface area contributed by atoms with E-state index in [1.165, 1.54) is 0 Å². The molecule has 128 valence electrons. The van der Waals surface area contributed by atoms with E-state index < -0.39 is 32.0 Å². The summed E-state index contributed by atoms with van der Waals surface area (Å²) in [6.45, 7) is 10.7. The van der Waals surface area contributed by atoms with Gasteiger partial charge in [-0.15, -0.1) is 11.5 Å². The van der Waals surface area contributed by atoms with Crippen LogP contribution in [-0.2, 0) is 14.4 Å². The van der Waals surface area contributed by atoms with Crippen LogP contribution in [0.3, 0.4) is 0 Å². The summed E-state index contributed by atoms with van der Waals surface area (Å²) in [6.07, 6.45) is 0.752. The number of hydrogen-bond acceptors (Lipinski definition) is 3. The normalized spacial score (nSPS) is 19.3. The molecule has 7 heteroatoms. The molecular formula is C16H26N2O4Si. The van der Waals surface area contributed by atoms with Gasteiger partial charge in [-0.2, -0.15) is 0 Å². The Morgan fingerprint density at radius 1 is 1.43 bits per heavy atom. The van der Waals surface area contributed by atoms with Gasteiger partial charge in [-0.3, -0.25) is 9.59 Å². The van der Waals surface area contributed by atoms with Crippen LogP contribution in [0.5, 0.6) is 0 Å². The molecule has 0 saturated carbocycles. The van der Waals surface area contributed by atoms with E-state index in [1.54, 1.807) is 0 Å². The van der Waals surface area contributed by atoms with Crippen molar-refractivity contribution in [2.45, 2.75) is 70.2 Å². The topological polar surface area (TPSA) is 95.5 Å². The summed E-state index contributed by atoms with van der Waals surface area (Å²) in [4.78, 5) is 34.4. The summed E-state index contributed by atoms with van der Waals surface area (Å²) in [5.41, 5.74) is 3.24. The molecule has 1 fully saturated rings. The lowest BCUT2D eigenvalue weighted by molar-refractivity contribution is -0.141. The molecular weight excluding hydrogens is 312 g/mol. The lowest BCUT2D eigenvalue weighted by Crippen LogP contribution is -2.48. The average Bonchev–Trinajstić information content (AvgIpc) is 2.82. The zero-order valence-corrected chi connectivity index (χ0v) is 15.4. The fraction of sp³-hybridized carbons (Fsp3) is 0.688. The number of hydrogen-bond donors (Lipinski definition) is 3. The van der Waals surface area contributed by atoms with Gasteiger partial charge in [-0.1, -0.05) is 33.9 Å². The quantitative estimate of drug-likeness (QED) is 0.531. The average molecular weight is 338 g/mol. The second-order valence-electron chi connectivity index (χ2n) is 7.44. The molecule has 1 aliphatic heterocycles. The molecule has 0 aromatic rings. The first-order valence-electron chi connectivity index (χ1n) is 7.76. The summed E-state index contributed by atoms with van der Waals surface area (Å²) >= 11 is 0. The predicted molar refractivity (Wildman–Crippen MR) is 90.3 cm³/mol. The Hall–Kier alpha value is -1.81. The SMILES string of the molecule is CC(C)(C)[Si](C)(C)C#CC[C@@H](NC(=O)[C@H]1CCC(=O)N1)C(=O)O. The fourth-order valence-corrected chi connectivity index (χ4v) is 2.76. The van der Waals surface area contributed by atoms with Crippen molar-refractivity contribution < 1.29 is 19.5 Å². The third-order valence-electron chi connectivity index (χ3n) is 4.51. The van der Waals surface area contributed by atoms with Crippen LogP contribution in [0.1, 0.15) is 40.0 Å². The molecule has 0 bridgehead atoms. The molecule has 1 rings (SSSR count). The van der Waals surface area contributed by atoms with Crippen molar-refractivity contribution in [1.29, 1.82) is 0 Å². The Bertz CT molecular complexity index is 555. The fourth-order valence-electron chi connectivity index (χ4n) is 1.84. The lowest BCUT2D eigenvalue weighted by atomic mass is 10.1. The molecule has 0 aliphatic carbocycles. The Morgan fingerprint density at radius 3 is 2.48 bits per heavy atom. The summed E-state index contributed by atoms with van der Waals surface area (Å²) in [6, 6.07) is -1.70. The third-order valence-corrected chi connectivity index (χ3v) is 9.06. The van der Waals surface area contributed by atoms with Gasteiger partial charge in [-0.05, 0) is 11.5 Å². The number of carbonyl (C=O) groups is 3. The Labute approximate surface area is 138 Å². The van der Waals surface area contributed by atoms with Crippen LogP contribution in [-0.4, -0.2) is 43.0 Å². The van der Waals surface area contributed by atoms with Gasteiger partial charge in [0.15, 0.2) is 0 Å². The minimum atomic E-state index is -1.80. The van der Waals surface area contributed by atoms with E-state index in [1.807, 2.05) is 0 Å². The lowest BCUT2D eigenvalue weighted by Gasteiger charge is -2.31. The number of carbonyl (C=O) groups excluding carboxylic acids is 2. The van der Waals surface area contributed by atoms with Gasteiger partial charge in [0, 0.05) is 12.8 Å². The van der Waals surface area contributed by atoms with Crippen molar-refractivity contribution in [3.05, 3.63) is 0 Å². The maximum atomic E-state index is 12.0. The molecule has 0 unspecified atom stereocenters. The van der Waals surface area contributed by atoms with Crippen molar-refractivity contribution in [3.63, 3.8) is 0 Å². The van der Waals surface area contributed by atoms with E-state index in [-0.39, 0.29) is 17.4 Å².